The summed E-state index contributed by atoms with van der Waals surface area (Å²) in [6.07, 6.45) is 8.59. The van der Waals surface area contributed by atoms with Crippen LogP contribution >= 0.6 is 0 Å². The molecule has 2 fully saturated rings. The lowest BCUT2D eigenvalue weighted by Gasteiger charge is -2.38. The maximum atomic E-state index is 11.7. The molecule has 1 aliphatic heterocycles. The molecule has 6 heteroatoms. The summed E-state index contributed by atoms with van der Waals surface area (Å²) in [6.45, 7) is 1.27. The molecule has 2 unspecified atom stereocenters. The zero-order valence-corrected chi connectivity index (χ0v) is 13.5. The van der Waals surface area contributed by atoms with Crippen molar-refractivity contribution in [3.05, 3.63) is 0 Å². The van der Waals surface area contributed by atoms with Crippen LogP contribution in [0.4, 0.5) is 0 Å². The van der Waals surface area contributed by atoms with E-state index in [1.807, 2.05) is 0 Å². The van der Waals surface area contributed by atoms with Gasteiger partial charge in [-0.1, -0.05) is 12.8 Å². The zero-order valence-electron chi connectivity index (χ0n) is 12.7. The van der Waals surface area contributed by atoms with Crippen molar-refractivity contribution in [2.45, 2.75) is 56.6 Å². The van der Waals surface area contributed by atoms with E-state index in [1.165, 1.54) is 19.1 Å². The van der Waals surface area contributed by atoms with Gasteiger partial charge in [0.25, 0.3) is 0 Å². The molecule has 20 heavy (non-hydrogen) atoms. The van der Waals surface area contributed by atoms with Crippen LogP contribution in [0.25, 0.3) is 0 Å². The predicted molar refractivity (Wildman–Crippen MR) is 79.9 cm³/mol. The summed E-state index contributed by atoms with van der Waals surface area (Å²) in [5, 5.41) is 0. The molecule has 2 rings (SSSR count). The number of rotatable bonds is 5. The quantitative estimate of drug-likeness (QED) is 0.832. The molecule has 0 aromatic rings. The molecule has 0 amide bonds. The summed E-state index contributed by atoms with van der Waals surface area (Å²) in [7, 11) is -1.31. The third kappa shape index (κ3) is 3.53. The minimum Gasteiger partial charge on any atom is -0.377 e. The van der Waals surface area contributed by atoms with Crippen LogP contribution in [0.3, 0.4) is 0 Å². The van der Waals surface area contributed by atoms with Crippen LogP contribution in [-0.2, 0) is 14.8 Å². The van der Waals surface area contributed by atoms with E-state index in [2.05, 4.69) is 0 Å². The highest BCUT2D eigenvalue weighted by atomic mass is 32.2. The summed E-state index contributed by atoms with van der Waals surface area (Å²) in [5.74, 6) is 0.362. The number of nitrogens with zero attached hydrogens (tertiary/aromatic N) is 1. The summed E-state index contributed by atoms with van der Waals surface area (Å²) in [5.41, 5.74) is 6.24. The number of methoxy groups -OCH3 is 1. The van der Waals surface area contributed by atoms with Gasteiger partial charge in [-0.15, -0.1) is 0 Å². The van der Waals surface area contributed by atoms with Gasteiger partial charge >= 0.3 is 0 Å². The van der Waals surface area contributed by atoms with Crippen molar-refractivity contribution >= 4 is 10.0 Å². The molecule has 1 saturated carbocycles. The Hall–Kier alpha value is -0.170. The van der Waals surface area contributed by atoms with Gasteiger partial charge in [-0.3, -0.25) is 0 Å². The monoisotopic (exact) mass is 304 g/mol. The predicted octanol–water partition coefficient (Wildman–Crippen LogP) is 1.33. The molecule has 0 aromatic carbocycles. The Balaban J connectivity index is 1.95. The fourth-order valence-corrected chi connectivity index (χ4v) is 4.74. The van der Waals surface area contributed by atoms with Crippen LogP contribution in [-0.4, -0.2) is 50.8 Å². The second kappa shape index (κ2) is 6.30. The Bertz CT molecular complexity index is 418. The number of sulfonamides is 1. The Morgan fingerprint density at radius 2 is 2.00 bits per heavy atom. The third-order valence-electron chi connectivity index (χ3n) is 5.07. The Morgan fingerprint density at radius 1 is 1.35 bits per heavy atom. The number of nitrogens with two attached hydrogens (primary N) is 1. The van der Waals surface area contributed by atoms with Crippen molar-refractivity contribution in [2.24, 2.45) is 11.7 Å². The molecule has 2 aliphatic rings. The molecule has 5 nitrogen and oxygen atoms in total. The first-order valence-electron chi connectivity index (χ1n) is 7.63. The highest BCUT2D eigenvalue weighted by Crippen LogP contribution is 2.37. The van der Waals surface area contributed by atoms with Crippen LogP contribution in [0, 0.1) is 5.92 Å². The van der Waals surface area contributed by atoms with Gasteiger partial charge in [-0.2, -0.15) is 0 Å². The van der Waals surface area contributed by atoms with Crippen LogP contribution in [0.5, 0.6) is 0 Å². The van der Waals surface area contributed by atoms with Gasteiger partial charge in [0.1, 0.15) is 0 Å². The van der Waals surface area contributed by atoms with Crippen molar-refractivity contribution in [2.75, 3.05) is 26.5 Å². The Morgan fingerprint density at radius 3 is 2.55 bits per heavy atom. The van der Waals surface area contributed by atoms with Crippen molar-refractivity contribution in [1.82, 2.24) is 4.31 Å². The third-order valence-corrected chi connectivity index (χ3v) is 6.34. The molecule has 1 saturated heterocycles. The summed E-state index contributed by atoms with van der Waals surface area (Å²) in [6, 6.07) is 0.0134. The van der Waals surface area contributed by atoms with E-state index in [0.717, 1.165) is 32.1 Å². The normalized spacial score (nSPS) is 29.4. The average Bonchev–Trinajstić information content (AvgIpc) is 2.88. The van der Waals surface area contributed by atoms with E-state index in [0.29, 0.717) is 19.0 Å². The van der Waals surface area contributed by atoms with Gasteiger partial charge in [0.05, 0.1) is 11.9 Å². The summed E-state index contributed by atoms with van der Waals surface area (Å²) >= 11 is 0. The van der Waals surface area contributed by atoms with Crippen LogP contribution in [0.1, 0.15) is 44.9 Å². The van der Waals surface area contributed by atoms with Crippen LogP contribution in [0.2, 0.25) is 0 Å². The Kier molecular flexibility index (Phi) is 5.10. The first kappa shape index (κ1) is 16.2. The molecule has 0 aromatic heterocycles. The maximum absolute atomic E-state index is 11.7. The molecule has 1 aliphatic carbocycles. The second-order valence-electron chi connectivity index (χ2n) is 6.45. The topological polar surface area (TPSA) is 72.6 Å². The van der Waals surface area contributed by atoms with Gasteiger partial charge in [0.2, 0.25) is 10.0 Å². The number of piperidine rings is 1. The zero-order chi connectivity index (χ0) is 14.8. The fraction of sp³-hybridized carbons (Fsp3) is 1.00. The molecule has 118 valence electrons. The standard InChI is InChI=1S/C14H28N2O3S/c1-19-14(7-3-4-8-14)13(15)10-12-6-5-9-16(11-12)20(2,17)18/h12-13H,3-11,15H2,1-2H3. The van der Waals surface area contributed by atoms with E-state index in [1.54, 1.807) is 11.4 Å². The molecular formula is C14H28N2O3S. The van der Waals surface area contributed by atoms with E-state index in [-0.39, 0.29) is 11.6 Å². The number of ether oxygens (including phenoxy) is 1. The lowest BCUT2D eigenvalue weighted by atomic mass is 9.83. The van der Waals surface area contributed by atoms with Crippen molar-refractivity contribution < 1.29 is 13.2 Å². The minimum atomic E-state index is -3.07. The van der Waals surface area contributed by atoms with Crippen molar-refractivity contribution in [1.29, 1.82) is 0 Å². The van der Waals surface area contributed by atoms with E-state index < -0.39 is 10.0 Å². The van der Waals surface area contributed by atoms with Gasteiger partial charge < -0.3 is 10.5 Å². The lowest BCUT2D eigenvalue weighted by Crippen LogP contribution is -2.50. The van der Waals surface area contributed by atoms with E-state index >= 15 is 0 Å². The van der Waals surface area contributed by atoms with E-state index in [4.69, 9.17) is 10.5 Å². The maximum Gasteiger partial charge on any atom is 0.211 e. The van der Waals surface area contributed by atoms with Gasteiger partial charge in [-0.25, -0.2) is 12.7 Å². The molecule has 0 bridgehead atoms. The largest absolute Gasteiger partial charge is 0.377 e. The summed E-state index contributed by atoms with van der Waals surface area (Å²) in [4.78, 5) is 0. The van der Waals surface area contributed by atoms with Gasteiger partial charge in [0, 0.05) is 26.2 Å². The van der Waals surface area contributed by atoms with E-state index in [9.17, 15) is 8.42 Å². The smallest absolute Gasteiger partial charge is 0.211 e. The van der Waals surface area contributed by atoms with Crippen molar-refractivity contribution in [3.63, 3.8) is 0 Å². The Labute approximate surface area is 122 Å². The first-order chi connectivity index (χ1) is 9.37. The first-order valence-corrected chi connectivity index (χ1v) is 9.48. The molecule has 0 spiro atoms. The minimum absolute atomic E-state index is 0.0134. The highest BCUT2D eigenvalue weighted by Gasteiger charge is 2.41. The number of hydrogen-bond donors (Lipinski definition) is 1. The van der Waals surface area contributed by atoms with Gasteiger partial charge in [-0.05, 0) is 38.0 Å². The molecular weight excluding hydrogens is 276 g/mol. The lowest BCUT2D eigenvalue weighted by molar-refractivity contribution is -0.0325. The fourth-order valence-electron chi connectivity index (χ4n) is 3.79. The molecule has 0 radical (unpaired) electrons. The number of hydrogen-bond acceptors (Lipinski definition) is 4. The van der Waals surface area contributed by atoms with Gasteiger partial charge in [0.15, 0.2) is 0 Å². The van der Waals surface area contributed by atoms with Crippen LogP contribution in [0.15, 0.2) is 0 Å². The average molecular weight is 304 g/mol. The summed E-state index contributed by atoms with van der Waals surface area (Å²) < 4.78 is 30.7. The second-order valence-corrected chi connectivity index (χ2v) is 8.43. The molecule has 2 atom stereocenters. The molecule has 1 heterocycles. The SMILES string of the molecule is COC1(C(N)CC2CCCN(S(C)(=O)=O)C2)CCCC1. The van der Waals surface area contributed by atoms with Crippen LogP contribution < -0.4 is 5.73 Å². The van der Waals surface area contributed by atoms with Crippen molar-refractivity contribution in [3.8, 4) is 0 Å². The molecule has 2 N–H and O–H groups in total. The highest BCUT2D eigenvalue weighted by molar-refractivity contribution is 7.88.